The molecule has 0 aliphatic carbocycles. The van der Waals surface area contributed by atoms with E-state index in [0.29, 0.717) is 37.7 Å². The van der Waals surface area contributed by atoms with E-state index in [1.165, 1.54) is 0 Å². The second-order valence-corrected chi connectivity index (χ2v) is 6.18. The fourth-order valence-corrected chi connectivity index (χ4v) is 3.08. The van der Waals surface area contributed by atoms with Crippen molar-refractivity contribution in [2.45, 2.75) is 0 Å². The highest BCUT2D eigenvalue weighted by molar-refractivity contribution is 5.94. The summed E-state index contributed by atoms with van der Waals surface area (Å²) in [5.41, 5.74) is 1.65. The highest BCUT2D eigenvalue weighted by Crippen LogP contribution is 2.28. The van der Waals surface area contributed by atoms with Gasteiger partial charge in [-0.15, -0.1) is 0 Å². The number of piperazine rings is 1. The molecule has 0 atom stereocenters. The first-order chi connectivity index (χ1) is 13.2. The third-order valence-electron chi connectivity index (χ3n) is 4.51. The topological polar surface area (TPSA) is 64.1 Å². The van der Waals surface area contributed by atoms with Crippen molar-refractivity contribution in [3.05, 3.63) is 48.2 Å². The number of nitrogens with zero attached hydrogens (tertiary/aromatic N) is 3. The van der Waals surface area contributed by atoms with Crippen molar-refractivity contribution in [1.82, 2.24) is 9.88 Å². The number of hydrogen-bond acceptors (Lipinski definition) is 6. The third-order valence-corrected chi connectivity index (χ3v) is 4.51. The van der Waals surface area contributed by atoms with Gasteiger partial charge in [0.1, 0.15) is 12.4 Å². The van der Waals surface area contributed by atoms with Crippen LogP contribution in [0.5, 0.6) is 11.6 Å². The van der Waals surface area contributed by atoms with Crippen molar-refractivity contribution in [3.8, 4) is 11.6 Å². The van der Waals surface area contributed by atoms with Gasteiger partial charge in [-0.1, -0.05) is 12.1 Å². The van der Waals surface area contributed by atoms with Crippen molar-refractivity contribution in [2.75, 3.05) is 58.5 Å². The minimum Gasteiger partial charge on any atom is -0.495 e. The van der Waals surface area contributed by atoms with Gasteiger partial charge in [-0.05, 0) is 18.2 Å². The molecular formula is C20H25N3O4. The van der Waals surface area contributed by atoms with Gasteiger partial charge in [0.2, 0.25) is 5.88 Å². The van der Waals surface area contributed by atoms with E-state index in [2.05, 4.69) is 9.88 Å². The lowest BCUT2D eigenvalue weighted by molar-refractivity contribution is 0.0745. The molecule has 0 N–H and O–H groups in total. The zero-order valence-electron chi connectivity index (χ0n) is 15.8. The molecule has 1 fully saturated rings. The lowest BCUT2D eigenvalue weighted by Gasteiger charge is -2.36. The van der Waals surface area contributed by atoms with Crippen LogP contribution in [0, 0.1) is 0 Å². The number of carbonyl (C=O) groups excluding carboxylic acids is 1. The van der Waals surface area contributed by atoms with Gasteiger partial charge in [0.15, 0.2) is 0 Å². The number of hydrogen-bond donors (Lipinski definition) is 0. The Hall–Kier alpha value is -2.80. The molecule has 0 radical (unpaired) electrons. The van der Waals surface area contributed by atoms with E-state index in [4.69, 9.17) is 14.2 Å². The summed E-state index contributed by atoms with van der Waals surface area (Å²) < 4.78 is 15.9. The van der Waals surface area contributed by atoms with Crippen LogP contribution in [0.2, 0.25) is 0 Å². The van der Waals surface area contributed by atoms with Crippen LogP contribution >= 0.6 is 0 Å². The largest absolute Gasteiger partial charge is 0.495 e. The van der Waals surface area contributed by atoms with Crippen molar-refractivity contribution < 1.29 is 19.0 Å². The second-order valence-electron chi connectivity index (χ2n) is 6.18. The Morgan fingerprint density at radius 2 is 1.85 bits per heavy atom. The fraction of sp³-hybridized carbons (Fsp3) is 0.400. The number of rotatable bonds is 7. The van der Waals surface area contributed by atoms with Gasteiger partial charge >= 0.3 is 0 Å². The number of aromatic nitrogens is 1. The van der Waals surface area contributed by atoms with Crippen LogP contribution in [0.15, 0.2) is 42.6 Å². The van der Waals surface area contributed by atoms with Gasteiger partial charge in [-0.3, -0.25) is 4.79 Å². The zero-order chi connectivity index (χ0) is 19.1. The molecule has 2 aromatic rings. The zero-order valence-corrected chi connectivity index (χ0v) is 15.8. The first-order valence-electron chi connectivity index (χ1n) is 8.98. The lowest BCUT2D eigenvalue weighted by Crippen LogP contribution is -2.48. The van der Waals surface area contributed by atoms with Gasteiger partial charge in [0.05, 0.1) is 19.4 Å². The Kier molecular flexibility index (Phi) is 6.49. The first-order valence-corrected chi connectivity index (χ1v) is 8.98. The number of methoxy groups -OCH3 is 2. The van der Waals surface area contributed by atoms with E-state index >= 15 is 0 Å². The Morgan fingerprint density at radius 3 is 2.59 bits per heavy atom. The van der Waals surface area contributed by atoms with Crippen LogP contribution < -0.4 is 14.4 Å². The normalized spacial score (nSPS) is 14.1. The van der Waals surface area contributed by atoms with Crippen LogP contribution in [0.4, 0.5) is 5.69 Å². The molecule has 1 amide bonds. The Bertz CT molecular complexity index is 760. The molecule has 1 aromatic heterocycles. The molecule has 7 nitrogen and oxygen atoms in total. The third kappa shape index (κ3) is 4.68. The minimum atomic E-state index is -0.00586. The molecule has 144 valence electrons. The molecule has 1 aliphatic heterocycles. The van der Waals surface area contributed by atoms with E-state index in [0.717, 1.165) is 24.5 Å². The maximum Gasteiger partial charge on any atom is 0.254 e. The number of ether oxygens (including phenoxy) is 3. The van der Waals surface area contributed by atoms with Crippen LogP contribution in [0.25, 0.3) is 0 Å². The predicted octanol–water partition coefficient (Wildman–Crippen LogP) is 2.08. The average molecular weight is 371 g/mol. The molecule has 1 aromatic carbocycles. The van der Waals surface area contributed by atoms with Gasteiger partial charge < -0.3 is 24.0 Å². The van der Waals surface area contributed by atoms with Crippen LogP contribution in [0.3, 0.4) is 0 Å². The molecule has 1 aliphatic rings. The summed E-state index contributed by atoms with van der Waals surface area (Å²) >= 11 is 0. The summed E-state index contributed by atoms with van der Waals surface area (Å²) in [5, 5.41) is 0. The fourth-order valence-electron chi connectivity index (χ4n) is 3.08. The second kappa shape index (κ2) is 9.23. The van der Waals surface area contributed by atoms with Crippen LogP contribution in [-0.2, 0) is 4.74 Å². The number of anilines is 1. The molecule has 0 spiro atoms. The summed E-state index contributed by atoms with van der Waals surface area (Å²) in [5.74, 6) is 1.28. The summed E-state index contributed by atoms with van der Waals surface area (Å²) in [7, 11) is 3.29. The molecule has 0 saturated carbocycles. The van der Waals surface area contributed by atoms with Crippen molar-refractivity contribution in [2.24, 2.45) is 0 Å². The molecule has 0 unspecified atom stereocenters. The van der Waals surface area contributed by atoms with E-state index in [1.807, 2.05) is 29.2 Å². The molecule has 3 rings (SSSR count). The average Bonchev–Trinajstić information content (AvgIpc) is 2.74. The highest BCUT2D eigenvalue weighted by Gasteiger charge is 2.24. The van der Waals surface area contributed by atoms with Gasteiger partial charge in [0, 0.05) is 51.1 Å². The van der Waals surface area contributed by atoms with Crippen molar-refractivity contribution >= 4 is 11.6 Å². The number of benzene rings is 1. The Balaban J connectivity index is 1.61. The molecule has 27 heavy (non-hydrogen) atoms. The summed E-state index contributed by atoms with van der Waals surface area (Å²) in [4.78, 5) is 21.1. The van der Waals surface area contributed by atoms with Gasteiger partial charge in [-0.25, -0.2) is 4.98 Å². The molecule has 2 heterocycles. The van der Waals surface area contributed by atoms with Crippen LogP contribution in [0.1, 0.15) is 10.4 Å². The predicted molar refractivity (Wildman–Crippen MR) is 103 cm³/mol. The molecule has 7 heteroatoms. The number of amides is 1. The standard InChI is InChI=1S/C20H25N3O4/c1-25-13-14-27-19-15-16(7-8-21-19)20(24)23-11-9-22(10-12-23)17-5-3-4-6-18(17)26-2/h3-8,15H,9-14H2,1-2H3. The molecular weight excluding hydrogens is 346 g/mol. The lowest BCUT2D eigenvalue weighted by atomic mass is 10.2. The monoisotopic (exact) mass is 371 g/mol. The van der Waals surface area contributed by atoms with Crippen molar-refractivity contribution in [1.29, 1.82) is 0 Å². The maximum absolute atomic E-state index is 12.8. The Labute approximate surface area is 159 Å². The number of carbonyl (C=O) groups is 1. The van der Waals surface area contributed by atoms with E-state index in [-0.39, 0.29) is 5.91 Å². The minimum absolute atomic E-state index is 0.00586. The Morgan fingerprint density at radius 1 is 1.07 bits per heavy atom. The highest BCUT2D eigenvalue weighted by atomic mass is 16.5. The number of pyridine rings is 1. The van der Waals surface area contributed by atoms with E-state index in [1.54, 1.807) is 32.5 Å². The van der Waals surface area contributed by atoms with Crippen LogP contribution in [-0.4, -0.2) is 69.4 Å². The smallest absolute Gasteiger partial charge is 0.254 e. The molecule has 1 saturated heterocycles. The molecule has 0 bridgehead atoms. The summed E-state index contributed by atoms with van der Waals surface area (Å²) in [6.45, 7) is 3.70. The first kappa shape index (κ1) is 19.0. The van der Waals surface area contributed by atoms with E-state index in [9.17, 15) is 4.79 Å². The summed E-state index contributed by atoms with van der Waals surface area (Å²) in [6.07, 6.45) is 1.60. The summed E-state index contributed by atoms with van der Waals surface area (Å²) in [6, 6.07) is 11.4. The SMILES string of the molecule is COCCOc1cc(C(=O)N2CCN(c3ccccc3OC)CC2)ccn1. The number of para-hydroxylation sites is 2. The maximum atomic E-state index is 12.8. The van der Waals surface area contributed by atoms with Gasteiger partial charge in [0.25, 0.3) is 5.91 Å². The van der Waals surface area contributed by atoms with Gasteiger partial charge in [-0.2, -0.15) is 0 Å². The van der Waals surface area contributed by atoms with Crippen molar-refractivity contribution in [3.63, 3.8) is 0 Å². The van der Waals surface area contributed by atoms with E-state index < -0.39 is 0 Å². The quantitative estimate of drug-likeness (QED) is 0.695.